The summed E-state index contributed by atoms with van der Waals surface area (Å²) < 4.78 is 26.6. The SMILES string of the molecule is CC(=O)c1c[nH]c(C(=O)Nc2cc(S(=O)(=O)N3CCCC3)ccc2O)c1. The van der Waals surface area contributed by atoms with E-state index >= 15 is 0 Å². The first-order chi connectivity index (χ1) is 12.3. The van der Waals surface area contributed by atoms with Crippen LogP contribution in [0.1, 0.15) is 40.6 Å². The van der Waals surface area contributed by atoms with Crippen molar-refractivity contribution in [2.45, 2.75) is 24.7 Å². The number of aromatic amines is 1. The van der Waals surface area contributed by atoms with Gasteiger partial charge in [-0.2, -0.15) is 4.31 Å². The molecule has 0 atom stereocenters. The molecule has 0 unspecified atom stereocenters. The molecular weight excluding hydrogens is 358 g/mol. The van der Waals surface area contributed by atoms with Crippen molar-refractivity contribution in [1.82, 2.24) is 9.29 Å². The standard InChI is InChI=1S/C17H19N3O5S/c1-11(21)12-8-15(18-10-12)17(23)19-14-9-13(4-5-16(14)22)26(24,25)20-6-2-3-7-20/h4-5,8-10,18,22H,2-3,6-7H2,1H3,(H,19,23). The molecule has 0 bridgehead atoms. The molecule has 1 aromatic heterocycles. The van der Waals surface area contributed by atoms with E-state index in [9.17, 15) is 23.1 Å². The second kappa shape index (κ2) is 6.93. The number of hydrogen-bond donors (Lipinski definition) is 3. The molecule has 3 rings (SSSR count). The number of carbonyl (C=O) groups is 2. The second-order valence-electron chi connectivity index (χ2n) is 6.10. The highest BCUT2D eigenvalue weighted by Crippen LogP contribution is 2.29. The first kappa shape index (κ1) is 18.2. The Kier molecular flexibility index (Phi) is 4.84. The molecule has 1 aromatic carbocycles. The maximum atomic E-state index is 12.6. The monoisotopic (exact) mass is 377 g/mol. The van der Waals surface area contributed by atoms with Gasteiger partial charge in [-0.15, -0.1) is 0 Å². The summed E-state index contributed by atoms with van der Waals surface area (Å²) >= 11 is 0. The van der Waals surface area contributed by atoms with Crippen LogP contribution >= 0.6 is 0 Å². The van der Waals surface area contributed by atoms with Gasteiger partial charge in [-0.05, 0) is 44.0 Å². The average Bonchev–Trinajstić information content (AvgIpc) is 3.28. The van der Waals surface area contributed by atoms with Crippen molar-refractivity contribution in [3.05, 3.63) is 41.7 Å². The first-order valence-corrected chi connectivity index (χ1v) is 9.57. The number of aromatic nitrogens is 1. The van der Waals surface area contributed by atoms with Crippen LogP contribution in [0.3, 0.4) is 0 Å². The molecule has 0 saturated carbocycles. The summed E-state index contributed by atoms with van der Waals surface area (Å²) in [6.07, 6.45) is 3.03. The quantitative estimate of drug-likeness (QED) is 0.543. The lowest BCUT2D eigenvalue weighted by atomic mass is 10.2. The number of phenolic OH excluding ortho intramolecular Hbond substituents is 1. The zero-order valence-corrected chi connectivity index (χ0v) is 15.0. The Balaban J connectivity index is 1.85. The van der Waals surface area contributed by atoms with E-state index in [2.05, 4.69) is 10.3 Å². The molecule has 0 radical (unpaired) electrons. The number of carbonyl (C=O) groups excluding carboxylic acids is 2. The molecule has 0 aliphatic carbocycles. The Labute approximate surface area is 150 Å². The minimum absolute atomic E-state index is 0.00316. The fourth-order valence-electron chi connectivity index (χ4n) is 2.77. The van der Waals surface area contributed by atoms with Crippen LogP contribution < -0.4 is 5.32 Å². The zero-order chi connectivity index (χ0) is 18.9. The lowest BCUT2D eigenvalue weighted by Crippen LogP contribution is -2.28. The van der Waals surface area contributed by atoms with Crippen LogP contribution in [0.25, 0.3) is 0 Å². The predicted molar refractivity (Wildman–Crippen MR) is 94.9 cm³/mol. The maximum Gasteiger partial charge on any atom is 0.272 e. The molecule has 2 heterocycles. The Hall–Kier alpha value is -2.65. The Morgan fingerprint density at radius 3 is 2.50 bits per heavy atom. The van der Waals surface area contributed by atoms with E-state index in [0.717, 1.165) is 12.8 Å². The summed E-state index contributed by atoms with van der Waals surface area (Å²) in [4.78, 5) is 26.3. The number of rotatable bonds is 5. The van der Waals surface area contributed by atoms with Gasteiger partial charge < -0.3 is 15.4 Å². The molecule has 3 N–H and O–H groups in total. The molecule has 1 aliphatic heterocycles. The van der Waals surface area contributed by atoms with E-state index in [1.54, 1.807) is 0 Å². The number of H-pyrrole nitrogens is 1. The van der Waals surface area contributed by atoms with E-state index in [4.69, 9.17) is 0 Å². The highest BCUT2D eigenvalue weighted by Gasteiger charge is 2.28. The number of Topliss-reactive ketones (excluding diaryl/α,β-unsaturated/α-hetero) is 1. The number of phenols is 1. The smallest absolute Gasteiger partial charge is 0.272 e. The summed E-state index contributed by atoms with van der Waals surface area (Å²) in [5.74, 6) is -1.04. The van der Waals surface area contributed by atoms with Crippen LogP contribution in [-0.4, -0.2) is 47.6 Å². The lowest BCUT2D eigenvalue weighted by Gasteiger charge is -2.16. The molecule has 0 spiro atoms. The van der Waals surface area contributed by atoms with Gasteiger partial charge in [0.25, 0.3) is 5.91 Å². The van der Waals surface area contributed by atoms with Crippen molar-refractivity contribution in [2.24, 2.45) is 0 Å². The van der Waals surface area contributed by atoms with Gasteiger partial charge in [-0.1, -0.05) is 0 Å². The third-order valence-corrected chi connectivity index (χ3v) is 6.15. The van der Waals surface area contributed by atoms with Crippen molar-refractivity contribution in [1.29, 1.82) is 0 Å². The van der Waals surface area contributed by atoms with Crippen molar-refractivity contribution < 1.29 is 23.1 Å². The number of amides is 1. The Bertz CT molecular complexity index is 959. The number of sulfonamides is 1. The lowest BCUT2D eigenvalue weighted by molar-refractivity contribution is 0.101. The van der Waals surface area contributed by atoms with Crippen molar-refractivity contribution in [3.63, 3.8) is 0 Å². The summed E-state index contributed by atoms with van der Waals surface area (Å²) in [6.45, 7) is 2.30. The van der Waals surface area contributed by atoms with E-state index < -0.39 is 15.9 Å². The van der Waals surface area contributed by atoms with Crippen LogP contribution in [0.4, 0.5) is 5.69 Å². The predicted octanol–water partition coefficient (Wildman–Crippen LogP) is 1.96. The van der Waals surface area contributed by atoms with Crippen LogP contribution in [0.2, 0.25) is 0 Å². The van der Waals surface area contributed by atoms with Crippen molar-refractivity contribution >= 4 is 27.4 Å². The topological polar surface area (TPSA) is 120 Å². The molecule has 2 aromatic rings. The third-order valence-electron chi connectivity index (χ3n) is 4.25. The molecule has 1 saturated heterocycles. The van der Waals surface area contributed by atoms with E-state index in [0.29, 0.717) is 18.7 Å². The highest BCUT2D eigenvalue weighted by atomic mass is 32.2. The number of nitrogens with zero attached hydrogens (tertiary/aromatic N) is 1. The zero-order valence-electron chi connectivity index (χ0n) is 14.2. The summed E-state index contributed by atoms with van der Waals surface area (Å²) in [5, 5.41) is 12.4. The van der Waals surface area contributed by atoms with Gasteiger partial charge in [0.2, 0.25) is 10.0 Å². The second-order valence-corrected chi connectivity index (χ2v) is 8.04. The van der Waals surface area contributed by atoms with Gasteiger partial charge in [0.1, 0.15) is 11.4 Å². The Morgan fingerprint density at radius 1 is 1.19 bits per heavy atom. The van der Waals surface area contributed by atoms with Crippen LogP contribution in [0.15, 0.2) is 35.4 Å². The van der Waals surface area contributed by atoms with Crippen LogP contribution in [0, 0.1) is 0 Å². The van der Waals surface area contributed by atoms with Gasteiger partial charge in [0, 0.05) is 24.8 Å². The van der Waals surface area contributed by atoms with Crippen molar-refractivity contribution in [2.75, 3.05) is 18.4 Å². The fourth-order valence-corrected chi connectivity index (χ4v) is 4.32. The normalized spacial score (nSPS) is 15.1. The van der Waals surface area contributed by atoms with Crippen LogP contribution in [0.5, 0.6) is 5.75 Å². The minimum Gasteiger partial charge on any atom is -0.506 e. The molecule has 138 valence electrons. The van der Waals surface area contributed by atoms with E-state index in [1.807, 2.05) is 0 Å². The largest absolute Gasteiger partial charge is 0.506 e. The highest BCUT2D eigenvalue weighted by molar-refractivity contribution is 7.89. The maximum absolute atomic E-state index is 12.6. The molecule has 1 fully saturated rings. The number of ketones is 1. The molecular formula is C17H19N3O5S. The number of anilines is 1. The summed E-state index contributed by atoms with van der Waals surface area (Å²) in [7, 11) is -3.67. The fraction of sp³-hybridized carbons (Fsp3) is 0.294. The molecule has 26 heavy (non-hydrogen) atoms. The minimum atomic E-state index is -3.67. The average molecular weight is 377 g/mol. The number of nitrogens with one attached hydrogen (secondary N) is 2. The van der Waals surface area contributed by atoms with E-state index in [-0.39, 0.29) is 27.8 Å². The summed E-state index contributed by atoms with van der Waals surface area (Å²) in [5.41, 5.74) is 0.460. The molecule has 1 aliphatic rings. The van der Waals surface area contributed by atoms with Gasteiger partial charge in [-0.25, -0.2) is 8.42 Å². The van der Waals surface area contributed by atoms with Gasteiger partial charge >= 0.3 is 0 Å². The number of benzene rings is 1. The first-order valence-electron chi connectivity index (χ1n) is 8.13. The molecule has 1 amide bonds. The Morgan fingerprint density at radius 2 is 1.88 bits per heavy atom. The van der Waals surface area contributed by atoms with Gasteiger partial charge in [-0.3, -0.25) is 9.59 Å². The van der Waals surface area contributed by atoms with Crippen molar-refractivity contribution in [3.8, 4) is 5.75 Å². The number of hydrogen-bond acceptors (Lipinski definition) is 5. The summed E-state index contributed by atoms with van der Waals surface area (Å²) in [6, 6.07) is 5.16. The van der Waals surface area contributed by atoms with Crippen LogP contribution in [-0.2, 0) is 10.0 Å². The third kappa shape index (κ3) is 3.49. The number of aromatic hydroxyl groups is 1. The van der Waals surface area contributed by atoms with E-state index in [1.165, 1.54) is 41.7 Å². The van der Waals surface area contributed by atoms with Gasteiger partial charge in [0.05, 0.1) is 10.6 Å². The molecule has 8 nitrogen and oxygen atoms in total. The van der Waals surface area contributed by atoms with Gasteiger partial charge in [0.15, 0.2) is 5.78 Å². The molecule has 9 heteroatoms.